The predicted molar refractivity (Wildman–Crippen MR) is 71.4 cm³/mol. The zero-order valence-electron chi connectivity index (χ0n) is 11.0. The zero-order chi connectivity index (χ0) is 14.2. The number of sulfone groups is 1. The molecule has 2 rings (SSSR count). The largest absolute Gasteiger partial charge is 0.396 e. The van der Waals surface area contributed by atoms with Crippen molar-refractivity contribution in [2.45, 2.75) is 19.4 Å². The average molecular weight is 286 g/mol. The van der Waals surface area contributed by atoms with E-state index >= 15 is 0 Å². The van der Waals surface area contributed by atoms with Crippen molar-refractivity contribution in [2.24, 2.45) is 7.05 Å². The van der Waals surface area contributed by atoms with Crippen LogP contribution in [0, 0.1) is 0 Å². The molecular formula is C11H18N4O3S. The summed E-state index contributed by atoms with van der Waals surface area (Å²) in [7, 11) is -1.34. The van der Waals surface area contributed by atoms with Crippen molar-refractivity contribution < 1.29 is 13.2 Å². The van der Waals surface area contributed by atoms with Gasteiger partial charge in [0, 0.05) is 25.8 Å². The smallest absolute Gasteiger partial charge is 0.276 e. The molecule has 1 fully saturated rings. The van der Waals surface area contributed by atoms with E-state index in [1.807, 2.05) is 6.92 Å². The fourth-order valence-corrected chi connectivity index (χ4v) is 4.13. The SMILES string of the molecule is CCN(C(=O)c1nn(C)cc1N)C1CCS(=O)(=O)C1. The Hall–Kier alpha value is -1.57. The highest BCUT2D eigenvalue weighted by Gasteiger charge is 2.35. The van der Waals surface area contributed by atoms with Crippen LogP contribution in [0.4, 0.5) is 5.69 Å². The number of nitrogen functional groups attached to an aromatic ring is 1. The van der Waals surface area contributed by atoms with Crippen molar-refractivity contribution in [1.82, 2.24) is 14.7 Å². The van der Waals surface area contributed by atoms with Crippen LogP contribution in [0.5, 0.6) is 0 Å². The van der Waals surface area contributed by atoms with Crippen molar-refractivity contribution in [2.75, 3.05) is 23.8 Å². The number of aryl methyl sites for hydroxylation is 1. The Balaban J connectivity index is 2.23. The number of amides is 1. The van der Waals surface area contributed by atoms with Crippen LogP contribution in [-0.2, 0) is 16.9 Å². The summed E-state index contributed by atoms with van der Waals surface area (Å²) < 4.78 is 24.5. The molecule has 1 aliphatic rings. The van der Waals surface area contributed by atoms with Crippen molar-refractivity contribution in [3.63, 3.8) is 0 Å². The number of nitrogens with two attached hydrogens (primary N) is 1. The van der Waals surface area contributed by atoms with Crippen molar-refractivity contribution in [3.8, 4) is 0 Å². The maximum atomic E-state index is 12.4. The van der Waals surface area contributed by atoms with Crippen molar-refractivity contribution in [1.29, 1.82) is 0 Å². The van der Waals surface area contributed by atoms with Crippen LogP contribution in [0.15, 0.2) is 6.20 Å². The Morgan fingerprint density at radius 3 is 2.74 bits per heavy atom. The van der Waals surface area contributed by atoms with Gasteiger partial charge in [0.1, 0.15) is 0 Å². The second kappa shape index (κ2) is 4.84. The van der Waals surface area contributed by atoms with Gasteiger partial charge in [-0.15, -0.1) is 0 Å². The molecule has 0 spiro atoms. The third-order valence-corrected chi connectivity index (χ3v) is 5.06. The van der Waals surface area contributed by atoms with E-state index in [1.165, 1.54) is 4.68 Å². The van der Waals surface area contributed by atoms with Gasteiger partial charge in [-0.05, 0) is 13.3 Å². The van der Waals surface area contributed by atoms with E-state index in [4.69, 9.17) is 5.73 Å². The topological polar surface area (TPSA) is 98.3 Å². The molecule has 1 amide bonds. The number of hydrogen-bond acceptors (Lipinski definition) is 5. The maximum Gasteiger partial charge on any atom is 0.276 e. The van der Waals surface area contributed by atoms with E-state index in [2.05, 4.69) is 5.10 Å². The Kier molecular flexibility index (Phi) is 3.53. The Labute approximate surface area is 112 Å². The molecule has 2 N–H and O–H groups in total. The molecule has 7 nitrogen and oxygen atoms in total. The Bertz CT molecular complexity index is 593. The van der Waals surface area contributed by atoms with Crippen LogP contribution >= 0.6 is 0 Å². The van der Waals surface area contributed by atoms with E-state index in [-0.39, 0.29) is 29.1 Å². The molecule has 19 heavy (non-hydrogen) atoms. The minimum Gasteiger partial charge on any atom is -0.396 e. The van der Waals surface area contributed by atoms with Gasteiger partial charge in [0.15, 0.2) is 15.5 Å². The molecule has 1 aliphatic heterocycles. The molecule has 1 saturated heterocycles. The molecule has 106 valence electrons. The lowest BCUT2D eigenvalue weighted by Crippen LogP contribution is -2.41. The van der Waals surface area contributed by atoms with E-state index in [0.717, 1.165) is 0 Å². The lowest BCUT2D eigenvalue weighted by Gasteiger charge is -2.26. The molecule has 0 saturated carbocycles. The first-order valence-corrected chi connectivity index (χ1v) is 7.96. The second-order valence-corrected chi connectivity index (χ2v) is 6.98. The second-order valence-electron chi connectivity index (χ2n) is 4.75. The van der Waals surface area contributed by atoms with Gasteiger partial charge in [0.25, 0.3) is 5.91 Å². The van der Waals surface area contributed by atoms with Gasteiger partial charge >= 0.3 is 0 Å². The summed E-state index contributed by atoms with van der Waals surface area (Å²) in [4.78, 5) is 13.9. The summed E-state index contributed by atoms with van der Waals surface area (Å²) in [5.74, 6) is -0.138. The molecule has 2 heterocycles. The van der Waals surface area contributed by atoms with Crippen LogP contribution in [0.1, 0.15) is 23.8 Å². The van der Waals surface area contributed by atoms with Crippen LogP contribution in [0.2, 0.25) is 0 Å². The third-order valence-electron chi connectivity index (χ3n) is 3.31. The van der Waals surface area contributed by atoms with Gasteiger partial charge in [-0.2, -0.15) is 5.10 Å². The summed E-state index contributed by atoms with van der Waals surface area (Å²) in [6.45, 7) is 2.26. The number of anilines is 1. The van der Waals surface area contributed by atoms with E-state index in [9.17, 15) is 13.2 Å². The molecular weight excluding hydrogens is 268 g/mol. The predicted octanol–water partition coefficient (Wildman–Crippen LogP) is -0.348. The van der Waals surface area contributed by atoms with Gasteiger partial charge < -0.3 is 10.6 Å². The molecule has 1 atom stereocenters. The highest BCUT2D eigenvalue weighted by atomic mass is 32.2. The normalized spacial score (nSPS) is 21.5. The van der Waals surface area contributed by atoms with Gasteiger partial charge in [-0.3, -0.25) is 9.48 Å². The quantitative estimate of drug-likeness (QED) is 0.819. The minimum atomic E-state index is -3.02. The molecule has 0 aromatic carbocycles. The summed E-state index contributed by atoms with van der Waals surface area (Å²) in [5, 5.41) is 4.04. The summed E-state index contributed by atoms with van der Waals surface area (Å²) in [6, 6.07) is -0.274. The van der Waals surface area contributed by atoms with Gasteiger partial charge in [-0.25, -0.2) is 8.42 Å². The summed E-state index contributed by atoms with van der Waals surface area (Å²) in [6.07, 6.45) is 2.04. The summed E-state index contributed by atoms with van der Waals surface area (Å²) >= 11 is 0. The first-order chi connectivity index (χ1) is 8.84. The molecule has 1 aromatic heterocycles. The number of aromatic nitrogens is 2. The van der Waals surface area contributed by atoms with E-state index in [0.29, 0.717) is 18.7 Å². The highest BCUT2D eigenvalue weighted by molar-refractivity contribution is 7.91. The third kappa shape index (κ3) is 2.73. The van der Waals surface area contributed by atoms with Crippen LogP contribution in [0.25, 0.3) is 0 Å². The zero-order valence-corrected chi connectivity index (χ0v) is 11.9. The first kappa shape index (κ1) is 13.9. The first-order valence-electron chi connectivity index (χ1n) is 6.14. The van der Waals surface area contributed by atoms with E-state index in [1.54, 1.807) is 18.1 Å². The van der Waals surface area contributed by atoms with Crippen LogP contribution in [0.3, 0.4) is 0 Å². The Morgan fingerprint density at radius 2 is 2.32 bits per heavy atom. The standard InChI is InChI=1S/C11H18N4O3S/c1-3-15(8-4-5-19(17,18)7-8)11(16)10-9(12)6-14(2)13-10/h6,8H,3-5,7,12H2,1-2H3. The lowest BCUT2D eigenvalue weighted by atomic mass is 10.2. The fourth-order valence-electron chi connectivity index (χ4n) is 2.40. The van der Waals surface area contributed by atoms with Crippen molar-refractivity contribution in [3.05, 3.63) is 11.9 Å². The molecule has 1 unspecified atom stereocenters. The van der Waals surface area contributed by atoms with Gasteiger partial charge in [0.05, 0.1) is 17.2 Å². The molecule has 0 bridgehead atoms. The van der Waals surface area contributed by atoms with Gasteiger partial charge in [-0.1, -0.05) is 0 Å². The van der Waals surface area contributed by atoms with Crippen LogP contribution in [-0.4, -0.2) is 53.1 Å². The highest BCUT2D eigenvalue weighted by Crippen LogP contribution is 2.21. The number of hydrogen-bond donors (Lipinski definition) is 1. The molecule has 1 aromatic rings. The van der Waals surface area contributed by atoms with Gasteiger partial charge in [0.2, 0.25) is 0 Å². The van der Waals surface area contributed by atoms with Crippen LogP contribution < -0.4 is 5.73 Å². The Morgan fingerprint density at radius 1 is 1.63 bits per heavy atom. The average Bonchev–Trinajstić information content (AvgIpc) is 2.82. The molecule has 0 radical (unpaired) electrons. The lowest BCUT2D eigenvalue weighted by molar-refractivity contribution is 0.0702. The fraction of sp³-hybridized carbons (Fsp3) is 0.636. The summed E-state index contributed by atoms with van der Waals surface area (Å²) in [5.41, 5.74) is 6.24. The number of rotatable bonds is 3. The number of carbonyl (C=O) groups is 1. The number of carbonyl (C=O) groups excluding carboxylic acids is 1. The van der Waals surface area contributed by atoms with Crippen molar-refractivity contribution >= 4 is 21.4 Å². The minimum absolute atomic E-state index is 0.0271. The van der Waals surface area contributed by atoms with E-state index < -0.39 is 9.84 Å². The number of nitrogens with zero attached hydrogens (tertiary/aromatic N) is 3. The molecule has 8 heteroatoms. The monoisotopic (exact) mass is 286 g/mol. The molecule has 0 aliphatic carbocycles. The maximum absolute atomic E-state index is 12.4.